The number of anilines is 2. The predicted molar refractivity (Wildman–Crippen MR) is 113 cm³/mol. The molecular weight excluding hydrogens is 429 g/mol. The molecule has 0 bridgehead atoms. The third kappa shape index (κ3) is 4.88. The molecule has 0 heterocycles. The average molecular weight is 448 g/mol. The standard InChI is InChI=1S/C22H19F3N2O3S/c1-15-8-9-16(21(28)26-18-12-10-17(11-13-18)22(23,24)25)14-20(15)27(2)31(29,30)19-6-4-3-5-7-19/h3-14H,1-2H3,(H,26,28). The molecule has 0 saturated heterocycles. The Morgan fingerprint density at radius 2 is 1.55 bits per heavy atom. The lowest BCUT2D eigenvalue weighted by Gasteiger charge is -2.22. The smallest absolute Gasteiger partial charge is 0.322 e. The highest BCUT2D eigenvalue weighted by atomic mass is 32.2. The lowest BCUT2D eigenvalue weighted by atomic mass is 10.1. The number of nitrogens with one attached hydrogen (secondary N) is 1. The van der Waals surface area contributed by atoms with Gasteiger partial charge in [-0.2, -0.15) is 13.2 Å². The summed E-state index contributed by atoms with van der Waals surface area (Å²) in [4.78, 5) is 12.7. The molecule has 31 heavy (non-hydrogen) atoms. The number of halogens is 3. The Hall–Kier alpha value is -3.33. The van der Waals surface area contributed by atoms with E-state index in [1.807, 2.05) is 0 Å². The molecule has 0 aliphatic carbocycles. The summed E-state index contributed by atoms with van der Waals surface area (Å²) in [7, 11) is -2.45. The van der Waals surface area contributed by atoms with Crippen LogP contribution in [0.2, 0.25) is 0 Å². The molecule has 1 N–H and O–H groups in total. The number of nitrogens with zero attached hydrogens (tertiary/aromatic N) is 1. The maximum Gasteiger partial charge on any atom is 0.416 e. The molecule has 0 aliphatic rings. The summed E-state index contributed by atoms with van der Waals surface area (Å²) in [6.07, 6.45) is -4.47. The van der Waals surface area contributed by atoms with E-state index < -0.39 is 27.7 Å². The predicted octanol–water partition coefficient (Wildman–Crippen LogP) is 5.09. The molecule has 0 aliphatic heterocycles. The molecule has 3 aromatic carbocycles. The first kappa shape index (κ1) is 22.4. The van der Waals surface area contributed by atoms with Crippen molar-refractivity contribution in [3.8, 4) is 0 Å². The van der Waals surface area contributed by atoms with Crippen molar-refractivity contribution in [3.05, 3.63) is 89.5 Å². The fraction of sp³-hybridized carbons (Fsp3) is 0.136. The summed E-state index contributed by atoms with van der Waals surface area (Å²) in [5, 5.41) is 2.52. The molecule has 0 radical (unpaired) electrons. The molecule has 162 valence electrons. The molecule has 3 rings (SSSR count). The number of aryl methyl sites for hydroxylation is 1. The Labute approximate surface area is 178 Å². The molecule has 0 spiro atoms. The number of hydrogen-bond acceptors (Lipinski definition) is 3. The number of benzene rings is 3. The zero-order valence-corrected chi connectivity index (χ0v) is 17.5. The number of rotatable bonds is 5. The Morgan fingerprint density at radius 1 is 0.935 bits per heavy atom. The van der Waals surface area contributed by atoms with Crippen LogP contribution in [0.25, 0.3) is 0 Å². The van der Waals surface area contributed by atoms with Crippen molar-refractivity contribution >= 4 is 27.3 Å². The van der Waals surface area contributed by atoms with Gasteiger partial charge in [0, 0.05) is 18.3 Å². The highest BCUT2D eigenvalue weighted by Crippen LogP contribution is 2.30. The summed E-state index contributed by atoms with van der Waals surface area (Å²) in [6.45, 7) is 1.71. The van der Waals surface area contributed by atoms with Gasteiger partial charge in [-0.05, 0) is 61.0 Å². The Kier molecular flexibility index (Phi) is 6.08. The molecular formula is C22H19F3N2O3S. The largest absolute Gasteiger partial charge is 0.416 e. The quantitative estimate of drug-likeness (QED) is 0.591. The van der Waals surface area contributed by atoms with E-state index in [0.717, 1.165) is 28.6 Å². The van der Waals surface area contributed by atoms with Crippen molar-refractivity contribution in [1.82, 2.24) is 0 Å². The lowest BCUT2D eigenvalue weighted by molar-refractivity contribution is -0.137. The highest BCUT2D eigenvalue weighted by Gasteiger charge is 2.30. The van der Waals surface area contributed by atoms with Gasteiger partial charge in [0.1, 0.15) is 0 Å². The second-order valence-corrected chi connectivity index (χ2v) is 8.79. The average Bonchev–Trinajstić information content (AvgIpc) is 2.74. The highest BCUT2D eigenvalue weighted by molar-refractivity contribution is 7.92. The minimum Gasteiger partial charge on any atom is -0.322 e. The molecule has 0 saturated carbocycles. The molecule has 5 nitrogen and oxygen atoms in total. The van der Waals surface area contributed by atoms with Gasteiger partial charge in [-0.1, -0.05) is 24.3 Å². The number of alkyl halides is 3. The minimum atomic E-state index is -4.47. The monoisotopic (exact) mass is 448 g/mol. The topological polar surface area (TPSA) is 66.5 Å². The van der Waals surface area contributed by atoms with Gasteiger partial charge in [-0.15, -0.1) is 0 Å². The van der Waals surface area contributed by atoms with Crippen LogP contribution in [-0.4, -0.2) is 21.4 Å². The van der Waals surface area contributed by atoms with Crippen LogP contribution in [-0.2, 0) is 16.2 Å². The second-order valence-electron chi connectivity index (χ2n) is 6.82. The minimum absolute atomic E-state index is 0.108. The van der Waals surface area contributed by atoms with Crippen LogP contribution >= 0.6 is 0 Å². The second kappa shape index (κ2) is 8.43. The van der Waals surface area contributed by atoms with Crippen LogP contribution in [0, 0.1) is 6.92 Å². The van der Waals surface area contributed by atoms with Gasteiger partial charge in [0.25, 0.3) is 15.9 Å². The van der Waals surface area contributed by atoms with Gasteiger partial charge in [-0.25, -0.2) is 8.42 Å². The van der Waals surface area contributed by atoms with Gasteiger partial charge in [-0.3, -0.25) is 9.10 Å². The van der Waals surface area contributed by atoms with E-state index in [2.05, 4.69) is 5.32 Å². The van der Waals surface area contributed by atoms with E-state index in [-0.39, 0.29) is 16.1 Å². The van der Waals surface area contributed by atoms with Crippen LogP contribution in [0.15, 0.2) is 77.7 Å². The lowest BCUT2D eigenvalue weighted by Crippen LogP contribution is -2.27. The summed E-state index contributed by atoms with van der Waals surface area (Å²) in [5.74, 6) is -0.577. The van der Waals surface area contributed by atoms with Gasteiger partial charge in [0.05, 0.1) is 16.1 Å². The summed E-state index contributed by atoms with van der Waals surface area (Å²) < 4.78 is 64.9. The van der Waals surface area contributed by atoms with Gasteiger partial charge in [0.2, 0.25) is 0 Å². The van der Waals surface area contributed by atoms with E-state index >= 15 is 0 Å². The number of amides is 1. The molecule has 0 aromatic heterocycles. The fourth-order valence-corrected chi connectivity index (χ4v) is 4.19. The molecule has 0 atom stereocenters. The third-order valence-corrected chi connectivity index (χ3v) is 6.47. The Bertz CT molecular complexity index is 1190. The summed E-state index contributed by atoms with van der Waals surface area (Å²) in [5.41, 5.74) is 0.467. The molecule has 0 unspecified atom stereocenters. The van der Waals surface area contributed by atoms with Crippen LogP contribution in [0.4, 0.5) is 24.5 Å². The molecule has 1 amide bonds. The maximum atomic E-state index is 12.9. The van der Waals surface area contributed by atoms with Crippen LogP contribution < -0.4 is 9.62 Å². The SMILES string of the molecule is Cc1ccc(C(=O)Nc2ccc(C(F)(F)F)cc2)cc1N(C)S(=O)(=O)c1ccccc1. The van der Waals surface area contributed by atoms with Gasteiger partial charge < -0.3 is 5.32 Å². The van der Waals surface area contributed by atoms with Crippen molar-refractivity contribution in [2.75, 3.05) is 16.7 Å². The van der Waals surface area contributed by atoms with Crippen molar-refractivity contribution in [2.45, 2.75) is 18.0 Å². The first-order chi connectivity index (χ1) is 14.5. The molecule has 9 heteroatoms. The first-order valence-electron chi connectivity index (χ1n) is 9.13. The van der Waals surface area contributed by atoms with Crippen LogP contribution in [0.1, 0.15) is 21.5 Å². The number of carbonyl (C=O) groups is 1. The normalized spacial score (nSPS) is 11.8. The van der Waals surface area contributed by atoms with Gasteiger partial charge >= 0.3 is 6.18 Å². The molecule has 3 aromatic rings. The third-order valence-electron chi connectivity index (χ3n) is 4.68. The summed E-state index contributed by atoms with van der Waals surface area (Å²) >= 11 is 0. The van der Waals surface area contributed by atoms with Crippen molar-refractivity contribution in [2.24, 2.45) is 0 Å². The number of sulfonamides is 1. The van der Waals surface area contributed by atoms with E-state index in [4.69, 9.17) is 0 Å². The zero-order chi connectivity index (χ0) is 22.8. The van der Waals surface area contributed by atoms with Crippen LogP contribution in [0.5, 0.6) is 0 Å². The van der Waals surface area contributed by atoms with E-state index in [0.29, 0.717) is 11.3 Å². The van der Waals surface area contributed by atoms with Crippen molar-refractivity contribution in [3.63, 3.8) is 0 Å². The van der Waals surface area contributed by atoms with Crippen LogP contribution in [0.3, 0.4) is 0 Å². The Balaban J connectivity index is 1.86. The number of carbonyl (C=O) groups excluding carboxylic acids is 1. The zero-order valence-electron chi connectivity index (χ0n) is 16.6. The fourth-order valence-electron chi connectivity index (χ4n) is 2.92. The first-order valence-corrected chi connectivity index (χ1v) is 10.6. The maximum absolute atomic E-state index is 12.9. The van der Waals surface area contributed by atoms with E-state index in [1.165, 1.54) is 31.3 Å². The van der Waals surface area contributed by atoms with E-state index in [9.17, 15) is 26.4 Å². The molecule has 0 fully saturated rings. The van der Waals surface area contributed by atoms with Crippen molar-refractivity contribution in [1.29, 1.82) is 0 Å². The summed E-state index contributed by atoms with van der Waals surface area (Å²) in [6, 6.07) is 16.5. The number of hydrogen-bond donors (Lipinski definition) is 1. The van der Waals surface area contributed by atoms with Crippen molar-refractivity contribution < 1.29 is 26.4 Å². The Morgan fingerprint density at radius 3 is 2.13 bits per heavy atom. The van der Waals surface area contributed by atoms with E-state index in [1.54, 1.807) is 31.2 Å². The van der Waals surface area contributed by atoms with Gasteiger partial charge in [0.15, 0.2) is 0 Å².